The van der Waals surface area contributed by atoms with Crippen LogP contribution in [0.2, 0.25) is 5.15 Å². The second-order valence-electron chi connectivity index (χ2n) is 4.60. The van der Waals surface area contributed by atoms with E-state index in [9.17, 15) is 8.78 Å². The Morgan fingerprint density at radius 1 is 1.28 bits per heavy atom. The van der Waals surface area contributed by atoms with Gasteiger partial charge in [-0.1, -0.05) is 11.6 Å². The zero-order valence-electron chi connectivity index (χ0n) is 9.48. The molecule has 1 fully saturated rings. The van der Waals surface area contributed by atoms with Crippen molar-refractivity contribution < 1.29 is 8.78 Å². The number of fused-ring (bicyclic) bond motifs is 1. The summed E-state index contributed by atoms with van der Waals surface area (Å²) < 4.78 is 28.0. The molecule has 0 bridgehead atoms. The van der Waals surface area contributed by atoms with E-state index in [0.717, 1.165) is 0 Å². The Bertz CT molecular complexity index is 573. The minimum absolute atomic E-state index is 0.0121. The molecule has 0 radical (unpaired) electrons. The first kappa shape index (κ1) is 11.8. The lowest BCUT2D eigenvalue weighted by molar-refractivity contribution is -0.0388. The normalized spacial score (nSPS) is 20.4. The minimum atomic E-state index is -2.53. The lowest BCUT2D eigenvalue weighted by Gasteiger charge is -2.27. The third kappa shape index (κ3) is 1.94. The predicted molar refractivity (Wildman–Crippen MR) is 61.9 cm³/mol. The molecule has 2 aromatic rings. The number of hydrogen-bond donors (Lipinski definition) is 0. The third-order valence-corrected chi connectivity index (χ3v) is 3.66. The zero-order chi connectivity index (χ0) is 12.8. The molecule has 0 unspecified atom stereocenters. The second kappa shape index (κ2) is 4.12. The highest BCUT2D eigenvalue weighted by molar-refractivity contribution is 6.32. The first-order valence-corrected chi connectivity index (χ1v) is 6.17. The molecular weight excluding hydrogens is 262 g/mol. The van der Waals surface area contributed by atoms with Crippen LogP contribution in [0.15, 0.2) is 12.4 Å². The zero-order valence-corrected chi connectivity index (χ0v) is 10.2. The Balaban J connectivity index is 1.94. The number of hydrogen-bond acceptors (Lipinski definition) is 3. The molecule has 0 aliphatic heterocycles. The van der Waals surface area contributed by atoms with E-state index in [0.29, 0.717) is 24.3 Å². The molecule has 18 heavy (non-hydrogen) atoms. The maximum absolute atomic E-state index is 13.1. The van der Waals surface area contributed by atoms with E-state index in [1.807, 2.05) is 0 Å². The fourth-order valence-corrected chi connectivity index (χ4v) is 2.58. The van der Waals surface area contributed by atoms with Gasteiger partial charge in [0.25, 0.3) is 0 Å². The van der Waals surface area contributed by atoms with Crippen LogP contribution in [0.1, 0.15) is 37.4 Å². The summed E-state index contributed by atoms with van der Waals surface area (Å²) in [5, 5.41) is 8.31. The summed E-state index contributed by atoms with van der Waals surface area (Å²) in [6.07, 6.45) is 3.93. The fraction of sp³-hybridized carbons (Fsp3) is 0.545. The van der Waals surface area contributed by atoms with Crippen molar-refractivity contribution in [3.63, 3.8) is 0 Å². The van der Waals surface area contributed by atoms with E-state index in [1.165, 1.54) is 0 Å². The van der Waals surface area contributed by atoms with Crippen LogP contribution in [-0.2, 0) is 0 Å². The molecule has 4 nitrogen and oxygen atoms in total. The summed E-state index contributed by atoms with van der Waals surface area (Å²) in [6, 6.07) is 0. The quantitative estimate of drug-likeness (QED) is 0.801. The predicted octanol–water partition coefficient (Wildman–Crippen LogP) is 3.07. The average molecular weight is 273 g/mol. The topological polar surface area (TPSA) is 43.1 Å². The molecule has 0 saturated heterocycles. The molecule has 0 N–H and O–H groups in total. The molecule has 0 spiro atoms. The van der Waals surface area contributed by atoms with Crippen LogP contribution < -0.4 is 0 Å². The number of rotatable bonds is 1. The van der Waals surface area contributed by atoms with Gasteiger partial charge in [-0.25, -0.2) is 13.8 Å². The maximum atomic E-state index is 13.1. The van der Waals surface area contributed by atoms with Gasteiger partial charge in [0.2, 0.25) is 5.92 Å². The first-order chi connectivity index (χ1) is 8.57. The molecule has 96 valence electrons. The smallest absolute Gasteiger partial charge is 0.248 e. The van der Waals surface area contributed by atoms with E-state index < -0.39 is 5.92 Å². The summed E-state index contributed by atoms with van der Waals surface area (Å²) in [6.45, 7) is 0. The standard InChI is InChI=1S/C11H11ClF2N4/c12-8-10-17-16-9(18(10)6-5-15-8)7-1-3-11(13,14)4-2-7/h5-7H,1-4H2. The van der Waals surface area contributed by atoms with Gasteiger partial charge in [0.05, 0.1) is 0 Å². The Labute approximate surface area is 107 Å². The summed E-state index contributed by atoms with van der Waals surface area (Å²) in [4.78, 5) is 3.91. The molecule has 0 amide bonds. The van der Waals surface area contributed by atoms with E-state index in [1.54, 1.807) is 16.8 Å². The third-order valence-electron chi connectivity index (χ3n) is 3.39. The molecule has 2 heterocycles. The van der Waals surface area contributed by atoms with Crippen LogP contribution in [0.3, 0.4) is 0 Å². The van der Waals surface area contributed by atoms with Gasteiger partial charge in [-0.3, -0.25) is 4.40 Å². The highest BCUT2D eigenvalue weighted by Gasteiger charge is 2.36. The lowest BCUT2D eigenvalue weighted by atomic mass is 9.86. The molecule has 3 rings (SSSR count). The van der Waals surface area contributed by atoms with Gasteiger partial charge in [-0.2, -0.15) is 0 Å². The van der Waals surface area contributed by atoms with Gasteiger partial charge in [0, 0.05) is 31.2 Å². The van der Waals surface area contributed by atoms with Gasteiger partial charge in [0.1, 0.15) is 5.82 Å². The van der Waals surface area contributed by atoms with Crippen molar-refractivity contribution in [1.29, 1.82) is 0 Å². The van der Waals surface area contributed by atoms with Crippen molar-refractivity contribution in [2.45, 2.75) is 37.5 Å². The molecule has 1 aliphatic rings. The maximum Gasteiger partial charge on any atom is 0.248 e. The summed E-state index contributed by atoms with van der Waals surface area (Å²) in [5.74, 6) is -1.82. The summed E-state index contributed by atoms with van der Waals surface area (Å²) >= 11 is 5.90. The highest BCUT2D eigenvalue weighted by atomic mass is 35.5. The van der Waals surface area contributed by atoms with Gasteiger partial charge in [-0.15, -0.1) is 10.2 Å². The SMILES string of the molecule is FC1(F)CCC(c2nnc3c(Cl)nccn23)CC1. The van der Waals surface area contributed by atoms with E-state index >= 15 is 0 Å². The van der Waals surface area contributed by atoms with Gasteiger partial charge < -0.3 is 0 Å². The van der Waals surface area contributed by atoms with Crippen LogP contribution in [0.5, 0.6) is 0 Å². The Morgan fingerprint density at radius 3 is 2.72 bits per heavy atom. The highest BCUT2D eigenvalue weighted by Crippen LogP contribution is 2.40. The second-order valence-corrected chi connectivity index (χ2v) is 4.96. The number of alkyl halides is 2. The summed E-state index contributed by atoms with van der Waals surface area (Å²) in [5.41, 5.74) is 0.478. The van der Waals surface area contributed by atoms with Crippen molar-refractivity contribution in [3.05, 3.63) is 23.4 Å². The van der Waals surface area contributed by atoms with E-state index in [2.05, 4.69) is 15.2 Å². The monoisotopic (exact) mass is 272 g/mol. The Hall–Kier alpha value is -1.30. The van der Waals surface area contributed by atoms with Crippen molar-refractivity contribution in [2.75, 3.05) is 0 Å². The van der Waals surface area contributed by atoms with Crippen LogP contribution in [0, 0.1) is 0 Å². The molecule has 2 aromatic heterocycles. The van der Waals surface area contributed by atoms with Gasteiger partial charge in [0.15, 0.2) is 10.8 Å². The number of nitrogens with zero attached hydrogens (tertiary/aromatic N) is 4. The van der Waals surface area contributed by atoms with Crippen LogP contribution in [0.25, 0.3) is 5.65 Å². The number of aromatic nitrogens is 4. The van der Waals surface area contributed by atoms with E-state index in [4.69, 9.17) is 11.6 Å². The molecule has 1 saturated carbocycles. The van der Waals surface area contributed by atoms with Crippen LogP contribution >= 0.6 is 11.6 Å². The Kier molecular flexibility index (Phi) is 2.69. The lowest BCUT2D eigenvalue weighted by Crippen LogP contribution is -2.24. The van der Waals surface area contributed by atoms with E-state index in [-0.39, 0.29) is 23.9 Å². The molecule has 1 aliphatic carbocycles. The van der Waals surface area contributed by atoms with Crippen LogP contribution in [0.4, 0.5) is 8.78 Å². The summed E-state index contributed by atoms with van der Waals surface area (Å²) in [7, 11) is 0. The van der Waals surface area contributed by atoms with Gasteiger partial charge >= 0.3 is 0 Å². The van der Waals surface area contributed by atoms with Crippen molar-refractivity contribution in [1.82, 2.24) is 19.6 Å². The van der Waals surface area contributed by atoms with Crippen molar-refractivity contribution in [2.24, 2.45) is 0 Å². The fourth-order valence-electron chi connectivity index (χ4n) is 2.39. The largest absolute Gasteiger partial charge is 0.282 e. The van der Waals surface area contributed by atoms with Crippen LogP contribution in [-0.4, -0.2) is 25.5 Å². The van der Waals surface area contributed by atoms with Crippen molar-refractivity contribution in [3.8, 4) is 0 Å². The van der Waals surface area contributed by atoms with Gasteiger partial charge in [-0.05, 0) is 12.8 Å². The Morgan fingerprint density at radius 2 is 2.00 bits per heavy atom. The minimum Gasteiger partial charge on any atom is -0.282 e. The molecule has 7 heteroatoms. The average Bonchev–Trinajstić information content (AvgIpc) is 2.74. The molecule has 0 aromatic carbocycles. The first-order valence-electron chi connectivity index (χ1n) is 5.80. The molecule has 0 atom stereocenters. The van der Waals surface area contributed by atoms with Crippen molar-refractivity contribution >= 4 is 17.2 Å². The number of halogens is 3. The molecular formula is C11H11ClF2N4.